The predicted molar refractivity (Wildman–Crippen MR) is 98.9 cm³/mol. The minimum atomic E-state index is 0.280. The van der Waals surface area contributed by atoms with Crippen LogP contribution in [-0.2, 0) is 11.2 Å². The molecule has 0 atom stereocenters. The molecule has 3 aromatic heterocycles. The maximum atomic E-state index is 12.4. The van der Waals surface area contributed by atoms with Crippen LogP contribution in [0.5, 0.6) is 0 Å². The number of rotatable bonds is 4. The summed E-state index contributed by atoms with van der Waals surface area (Å²) in [5.41, 5.74) is 3.15. The Morgan fingerprint density at radius 2 is 2.16 bits per heavy atom. The third-order valence-electron chi connectivity index (χ3n) is 4.99. The molecule has 25 heavy (non-hydrogen) atoms. The van der Waals surface area contributed by atoms with Crippen molar-refractivity contribution in [3.63, 3.8) is 0 Å². The molecule has 130 valence electrons. The smallest absolute Gasteiger partial charge is 0.222 e. The molecule has 3 aromatic rings. The van der Waals surface area contributed by atoms with Gasteiger partial charge >= 0.3 is 0 Å². The Hall–Kier alpha value is -2.21. The number of carbonyl (C=O) groups is 1. The van der Waals surface area contributed by atoms with Crippen molar-refractivity contribution in [1.29, 1.82) is 0 Å². The molecule has 0 radical (unpaired) electrons. The zero-order valence-corrected chi connectivity index (χ0v) is 15.2. The monoisotopic (exact) mass is 354 g/mol. The van der Waals surface area contributed by atoms with E-state index < -0.39 is 0 Å². The van der Waals surface area contributed by atoms with Gasteiger partial charge in [0.05, 0.1) is 6.20 Å². The minimum Gasteiger partial charge on any atom is -0.343 e. The Balaban J connectivity index is 1.36. The summed E-state index contributed by atoms with van der Waals surface area (Å²) in [5.74, 6) is 0.710. The number of hydrogen-bond donors (Lipinski definition) is 0. The molecular formula is C19H22N4OS. The van der Waals surface area contributed by atoms with Gasteiger partial charge in [-0.3, -0.25) is 4.79 Å². The second kappa shape index (κ2) is 6.96. The van der Waals surface area contributed by atoms with E-state index in [-0.39, 0.29) is 5.91 Å². The van der Waals surface area contributed by atoms with Crippen LogP contribution in [0.2, 0.25) is 0 Å². The molecule has 4 heterocycles. The van der Waals surface area contributed by atoms with Crippen LogP contribution < -0.4 is 0 Å². The first-order chi connectivity index (χ1) is 12.2. The Morgan fingerprint density at radius 3 is 2.92 bits per heavy atom. The van der Waals surface area contributed by atoms with Crippen molar-refractivity contribution in [2.75, 3.05) is 13.1 Å². The maximum Gasteiger partial charge on any atom is 0.222 e. The average Bonchev–Trinajstić information content (AvgIpc) is 3.31. The number of thiophene rings is 1. The molecule has 1 aliphatic heterocycles. The Morgan fingerprint density at radius 1 is 1.32 bits per heavy atom. The van der Waals surface area contributed by atoms with Gasteiger partial charge in [-0.05, 0) is 43.7 Å². The number of nitrogens with zero attached hydrogens (tertiary/aromatic N) is 4. The minimum absolute atomic E-state index is 0.280. The van der Waals surface area contributed by atoms with E-state index in [9.17, 15) is 4.79 Å². The first-order valence-electron chi connectivity index (χ1n) is 8.82. The topological polar surface area (TPSA) is 50.5 Å². The molecule has 0 unspecified atom stereocenters. The van der Waals surface area contributed by atoms with Crippen LogP contribution in [0.15, 0.2) is 35.8 Å². The summed E-state index contributed by atoms with van der Waals surface area (Å²) in [6, 6.07) is 8.23. The number of aryl methyl sites for hydroxylation is 2. The van der Waals surface area contributed by atoms with Crippen molar-refractivity contribution >= 4 is 22.9 Å². The van der Waals surface area contributed by atoms with E-state index in [1.54, 1.807) is 17.5 Å². The van der Waals surface area contributed by atoms with Crippen LogP contribution in [0.3, 0.4) is 0 Å². The van der Waals surface area contributed by atoms with E-state index in [4.69, 9.17) is 4.98 Å². The van der Waals surface area contributed by atoms with Crippen LogP contribution in [0.4, 0.5) is 0 Å². The number of hydrogen-bond acceptors (Lipinski definition) is 4. The number of fused-ring (bicyclic) bond motifs is 1. The van der Waals surface area contributed by atoms with Gasteiger partial charge in [0.25, 0.3) is 0 Å². The summed E-state index contributed by atoms with van der Waals surface area (Å²) in [7, 11) is 0. The number of piperidine rings is 1. The number of aromatic nitrogens is 3. The molecule has 6 heteroatoms. The second-order valence-corrected chi connectivity index (χ2v) is 7.69. The van der Waals surface area contributed by atoms with Crippen LogP contribution in [-0.4, -0.2) is 38.5 Å². The molecule has 1 saturated heterocycles. The van der Waals surface area contributed by atoms with Gasteiger partial charge in [-0.15, -0.1) is 11.3 Å². The SMILES string of the molecule is Cc1cc(C2CCN(C(=O)CCc3cccs3)CC2)nc2ccnn12. The maximum absolute atomic E-state index is 12.4. The number of likely N-dealkylation sites (tertiary alicyclic amines) is 1. The average molecular weight is 354 g/mol. The third kappa shape index (κ3) is 3.44. The lowest BCUT2D eigenvalue weighted by Crippen LogP contribution is -2.38. The molecule has 0 N–H and O–H groups in total. The zero-order valence-electron chi connectivity index (χ0n) is 14.4. The third-order valence-corrected chi connectivity index (χ3v) is 5.92. The van der Waals surface area contributed by atoms with E-state index in [1.165, 1.54) is 4.88 Å². The highest BCUT2D eigenvalue weighted by molar-refractivity contribution is 7.09. The second-order valence-electron chi connectivity index (χ2n) is 6.66. The van der Waals surface area contributed by atoms with Gasteiger partial charge in [-0.1, -0.05) is 6.07 Å². The summed E-state index contributed by atoms with van der Waals surface area (Å²) < 4.78 is 1.87. The van der Waals surface area contributed by atoms with Gasteiger partial charge in [-0.25, -0.2) is 9.50 Å². The molecule has 0 spiro atoms. The Bertz CT molecular complexity index is 863. The van der Waals surface area contributed by atoms with E-state index in [2.05, 4.69) is 29.5 Å². The van der Waals surface area contributed by atoms with Gasteiger partial charge in [0.2, 0.25) is 5.91 Å². The molecule has 1 fully saturated rings. The zero-order chi connectivity index (χ0) is 17.2. The van der Waals surface area contributed by atoms with Crippen molar-refractivity contribution in [3.05, 3.63) is 52.1 Å². The van der Waals surface area contributed by atoms with Gasteiger partial charge in [0, 0.05) is 47.8 Å². The first-order valence-corrected chi connectivity index (χ1v) is 9.70. The van der Waals surface area contributed by atoms with E-state index in [0.717, 1.165) is 49.4 Å². The summed E-state index contributed by atoms with van der Waals surface area (Å²) >= 11 is 1.73. The molecule has 4 rings (SSSR count). The molecule has 5 nitrogen and oxygen atoms in total. The molecule has 0 aliphatic carbocycles. The molecule has 0 bridgehead atoms. The van der Waals surface area contributed by atoms with Gasteiger partial charge < -0.3 is 4.90 Å². The van der Waals surface area contributed by atoms with Crippen molar-refractivity contribution < 1.29 is 4.79 Å². The first kappa shape index (κ1) is 16.3. The molecule has 1 aliphatic rings. The van der Waals surface area contributed by atoms with Crippen LogP contribution in [0.1, 0.15) is 41.4 Å². The van der Waals surface area contributed by atoms with Crippen LogP contribution in [0, 0.1) is 6.92 Å². The standard InChI is InChI=1S/C19H22N4OS/c1-14-13-17(21-18-6-9-20-23(14)18)15-7-10-22(11-8-15)19(24)5-4-16-3-2-12-25-16/h2-3,6,9,12-13,15H,4-5,7-8,10-11H2,1H3. The summed E-state index contributed by atoms with van der Waals surface area (Å²) in [4.78, 5) is 20.5. The van der Waals surface area contributed by atoms with Crippen LogP contribution >= 0.6 is 11.3 Å². The highest BCUT2D eigenvalue weighted by Crippen LogP contribution is 2.28. The van der Waals surface area contributed by atoms with Crippen molar-refractivity contribution in [2.45, 2.75) is 38.5 Å². The fourth-order valence-corrected chi connectivity index (χ4v) is 4.28. The molecule has 0 aromatic carbocycles. The van der Waals surface area contributed by atoms with Crippen molar-refractivity contribution in [2.24, 2.45) is 0 Å². The summed E-state index contributed by atoms with van der Waals surface area (Å²) in [6.07, 6.45) is 5.23. The lowest BCUT2D eigenvalue weighted by molar-refractivity contribution is -0.132. The number of amides is 1. The van der Waals surface area contributed by atoms with Gasteiger partial charge in [-0.2, -0.15) is 5.10 Å². The molecular weight excluding hydrogens is 332 g/mol. The van der Waals surface area contributed by atoms with E-state index in [0.29, 0.717) is 12.3 Å². The predicted octanol–water partition coefficient (Wildman–Crippen LogP) is 3.44. The lowest BCUT2D eigenvalue weighted by Gasteiger charge is -2.32. The highest BCUT2D eigenvalue weighted by atomic mass is 32.1. The molecule has 1 amide bonds. The fourth-order valence-electron chi connectivity index (χ4n) is 3.57. The van der Waals surface area contributed by atoms with E-state index in [1.807, 2.05) is 21.5 Å². The quantitative estimate of drug-likeness (QED) is 0.721. The van der Waals surface area contributed by atoms with Gasteiger partial charge in [0.15, 0.2) is 5.65 Å². The van der Waals surface area contributed by atoms with Crippen LogP contribution in [0.25, 0.3) is 5.65 Å². The lowest BCUT2D eigenvalue weighted by atomic mass is 9.92. The summed E-state index contributed by atoms with van der Waals surface area (Å²) in [5, 5.41) is 6.35. The highest BCUT2D eigenvalue weighted by Gasteiger charge is 2.25. The van der Waals surface area contributed by atoms with Crippen molar-refractivity contribution in [3.8, 4) is 0 Å². The van der Waals surface area contributed by atoms with E-state index >= 15 is 0 Å². The normalized spacial score (nSPS) is 15.8. The Labute approximate surface area is 151 Å². The largest absolute Gasteiger partial charge is 0.343 e. The Kier molecular flexibility index (Phi) is 4.53. The number of carbonyl (C=O) groups excluding carboxylic acids is 1. The van der Waals surface area contributed by atoms with Crippen molar-refractivity contribution in [1.82, 2.24) is 19.5 Å². The fraction of sp³-hybridized carbons (Fsp3) is 0.421. The summed E-state index contributed by atoms with van der Waals surface area (Å²) in [6.45, 7) is 3.73. The molecule has 0 saturated carbocycles. The van der Waals surface area contributed by atoms with Gasteiger partial charge in [0.1, 0.15) is 0 Å².